The van der Waals surface area contributed by atoms with E-state index in [4.69, 9.17) is 16.6 Å². The number of carbonyl (C=O) groups is 1. The van der Waals surface area contributed by atoms with E-state index in [2.05, 4.69) is 0 Å². The van der Waals surface area contributed by atoms with Gasteiger partial charge in [-0.3, -0.25) is 0 Å². The first-order chi connectivity index (χ1) is 5.95. The second-order valence-electron chi connectivity index (χ2n) is 2.99. The smallest absolute Gasteiger partial charge is 1.00 e. The summed E-state index contributed by atoms with van der Waals surface area (Å²) in [5.41, 5.74) is 13.3. The first-order valence-corrected chi connectivity index (χ1v) is 3.83. The van der Waals surface area contributed by atoms with Crippen LogP contribution >= 0.6 is 0 Å². The summed E-state index contributed by atoms with van der Waals surface area (Å²) in [6.45, 7) is 3.34. The Morgan fingerprint density at radius 2 is 1.64 bits per heavy atom. The predicted molar refractivity (Wildman–Crippen MR) is 52.8 cm³/mol. The van der Waals surface area contributed by atoms with Crippen LogP contribution in [0, 0.1) is 13.8 Å². The largest absolute Gasteiger partial charge is 1.00 e. The van der Waals surface area contributed by atoms with Crippen molar-refractivity contribution in [2.24, 2.45) is 0 Å². The average Bonchev–Trinajstić information content (AvgIpc) is 2.01. The predicted octanol–water partition coefficient (Wildman–Crippen LogP) is -1.72. The van der Waals surface area contributed by atoms with Crippen LogP contribution in [0.1, 0.15) is 22.9 Å². The third-order valence-electron chi connectivity index (χ3n) is 2.14. The van der Waals surface area contributed by atoms with Crippen LogP contribution in [0.15, 0.2) is 6.07 Å². The standard InChI is InChI=1S/C9H12N2O2.K.H/c1-4-6(10)3-7(11)5(2)8(4)9(12)13;;/h3H,10-11H2,1-2H3,(H,12,13);;/q;+1;-1. The van der Waals surface area contributed by atoms with E-state index in [1.54, 1.807) is 19.9 Å². The van der Waals surface area contributed by atoms with Crippen LogP contribution in [0.4, 0.5) is 11.4 Å². The van der Waals surface area contributed by atoms with Crippen molar-refractivity contribution in [1.82, 2.24) is 0 Å². The maximum atomic E-state index is 10.8. The minimum Gasteiger partial charge on any atom is -1.00 e. The molecule has 1 aromatic carbocycles. The normalized spacial score (nSPS) is 9.29. The van der Waals surface area contributed by atoms with Gasteiger partial charge in [-0.2, -0.15) is 0 Å². The molecule has 5 heteroatoms. The third kappa shape index (κ3) is 2.49. The van der Waals surface area contributed by atoms with E-state index in [0.717, 1.165) is 0 Å². The summed E-state index contributed by atoms with van der Waals surface area (Å²) in [7, 11) is 0. The second-order valence-corrected chi connectivity index (χ2v) is 2.99. The van der Waals surface area contributed by atoms with Crippen LogP contribution in [-0.4, -0.2) is 11.1 Å². The molecule has 0 saturated heterocycles. The van der Waals surface area contributed by atoms with Gasteiger partial charge in [0.25, 0.3) is 0 Å². The fourth-order valence-corrected chi connectivity index (χ4v) is 1.27. The molecule has 0 aliphatic heterocycles. The summed E-state index contributed by atoms with van der Waals surface area (Å²) in [5, 5.41) is 8.88. The van der Waals surface area contributed by atoms with Crippen LogP contribution in [0.2, 0.25) is 0 Å². The van der Waals surface area contributed by atoms with Crippen molar-refractivity contribution in [3.8, 4) is 0 Å². The van der Waals surface area contributed by atoms with Crippen LogP contribution in [-0.2, 0) is 0 Å². The summed E-state index contributed by atoms with van der Waals surface area (Å²) >= 11 is 0. The Hall–Kier alpha value is -0.0736. The second kappa shape index (κ2) is 5.13. The maximum absolute atomic E-state index is 10.8. The summed E-state index contributed by atoms with van der Waals surface area (Å²) in [6.07, 6.45) is 0. The van der Waals surface area contributed by atoms with Crippen molar-refractivity contribution in [2.45, 2.75) is 13.8 Å². The molecular weight excluding hydrogens is 207 g/mol. The molecule has 72 valence electrons. The van der Waals surface area contributed by atoms with Crippen molar-refractivity contribution in [3.63, 3.8) is 0 Å². The molecule has 0 atom stereocenters. The molecule has 1 rings (SSSR count). The molecule has 1 aromatic rings. The Labute approximate surface area is 127 Å². The number of rotatable bonds is 1. The summed E-state index contributed by atoms with van der Waals surface area (Å²) in [4.78, 5) is 10.8. The number of nitrogen functional groups attached to an aromatic ring is 2. The Morgan fingerprint density at radius 1 is 1.29 bits per heavy atom. The van der Waals surface area contributed by atoms with Gasteiger partial charge in [0.05, 0.1) is 5.56 Å². The van der Waals surface area contributed by atoms with Crippen molar-refractivity contribution in [1.29, 1.82) is 0 Å². The molecule has 0 aliphatic carbocycles. The van der Waals surface area contributed by atoms with Gasteiger partial charge in [-0.1, -0.05) is 0 Å². The van der Waals surface area contributed by atoms with Crippen molar-refractivity contribution in [3.05, 3.63) is 22.8 Å². The number of carboxylic acids is 1. The van der Waals surface area contributed by atoms with Gasteiger partial charge in [0, 0.05) is 11.4 Å². The molecule has 0 radical (unpaired) electrons. The molecular formula is C9H13KN2O2. The van der Waals surface area contributed by atoms with Crippen LogP contribution < -0.4 is 62.9 Å². The number of carboxylic acid groups (broad SMARTS) is 1. The molecule has 0 spiro atoms. The van der Waals surface area contributed by atoms with Gasteiger partial charge in [-0.05, 0) is 31.0 Å². The Bertz CT molecular complexity index is 357. The molecule has 0 unspecified atom stereocenters. The molecule has 0 aliphatic rings. The monoisotopic (exact) mass is 220 g/mol. The zero-order valence-corrected chi connectivity index (χ0v) is 11.7. The van der Waals surface area contributed by atoms with Crippen molar-refractivity contribution in [2.75, 3.05) is 11.5 Å². The van der Waals surface area contributed by atoms with Gasteiger partial charge in [0.1, 0.15) is 0 Å². The van der Waals surface area contributed by atoms with Gasteiger partial charge in [-0.15, -0.1) is 0 Å². The van der Waals surface area contributed by atoms with E-state index in [1.807, 2.05) is 0 Å². The van der Waals surface area contributed by atoms with Crippen LogP contribution in [0.5, 0.6) is 0 Å². The zero-order chi connectivity index (χ0) is 10.2. The molecule has 0 aromatic heterocycles. The van der Waals surface area contributed by atoms with Gasteiger partial charge < -0.3 is 18.0 Å². The van der Waals surface area contributed by atoms with Crippen LogP contribution in [0.3, 0.4) is 0 Å². The summed E-state index contributed by atoms with van der Waals surface area (Å²) in [6, 6.07) is 1.58. The fourth-order valence-electron chi connectivity index (χ4n) is 1.27. The minimum absolute atomic E-state index is 0. The molecule has 0 fully saturated rings. The first kappa shape index (κ1) is 13.9. The van der Waals surface area contributed by atoms with E-state index in [1.165, 1.54) is 0 Å². The third-order valence-corrected chi connectivity index (χ3v) is 2.14. The van der Waals surface area contributed by atoms with Gasteiger partial charge in [-0.25, -0.2) is 4.79 Å². The number of hydrogen-bond acceptors (Lipinski definition) is 3. The van der Waals surface area contributed by atoms with Crippen molar-refractivity contribution < 1.29 is 62.7 Å². The average molecular weight is 220 g/mol. The van der Waals surface area contributed by atoms with Gasteiger partial charge in [0.15, 0.2) is 0 Å². The van der Waals surface area contributed by atoms with E-state index in [9.17, 15) is 4.79 Å². The number of nitrogens with two attached hydrogens (primary N) is 2. The SMILES string of the molecule is Cc1c(N)cc(N)c(C)c1C(=O)O.[H-].[K+]. The van der Waals surface area contributed by atoms with E-state index < -0.39 is 5.97 Å². The molecule has 0 heterocycles. The molecule has 0 saturated carbocycles. The van der Waals surface area contributed by atoms with E-state index in [-0.39, 0.29) is 58.4 Å². The van der Waals surface area contributed by atoms with Crippen LogP contribution in [0.25, 0.3) is 0 Å². The van der Waals surface area contributed by atoms with Gasteiger partial charge in [0.2, 0.25) is 0 Å². The molecule has 0 bridgehead atoms. The number of aromatic carboxylic acids is 1. The van der Waals surface area contributed by atoms with E-state index in [0.29, 0.717) is 22.5 Å². The summed E-state index contributed by atoms with van der Waals surface area (Å²) in [5.74, 6) is -0.992. The number of benzene rings is 1. The summed E-state index contributed by atoms with van der Waals surface area (Å²) < 4.78 is 0. The Balaban J connectivity index is 0. The molecule has 0 amide bonds. The van der Waals surface area contributed by atoms with E-state index >= 15 is 0 Å². The topological polar surface area (TPSA) is 89.3 Å². The molecule has 4 nitrogen and oxygen atoms in total. The Morgan fingerprint density at radius 3 is 1.93 bits per heavy atom. The molecule has 14 heavy (non-hydrogen) atoms. The fraction of sp³-hybridized carbons (Fsp3) is 0.222. The first-order valence-electron chi connectivity index (χ1n) is 3.83. The van der Waals surface area contributed by atoms with Gasteiger partial charge >= 0.3 is 57.4 Å². The number of anilines is 2. The minimum atomic E-state index is -0.992. The quantitative estimate of drug-likeness (QED) is 0.388. The Kier molecular flexibility index (Phi) is 5.11. The number of hydrogen-bond donors (Lipinski definition) is 3. The zero-order valence-electron chi connectivity index (χ0n) is 9.59. The molecule has 5 N–H and O–H groups in total. The maximum Gasteiger partial charge on any atom is 1.00 e. The van der Waals surface area contributed by atoms with Crippen molar-refractivity contribution >= 4 is 17.3 Å².